The largest absolute Gasteiger partial charge is 0.342 e. The summed E-state index contributed by atoms with van der Waals surface area (Å²) in [6, 6.07) is 7.97. The number of imidazole rings is 2. The predicted octanol–water partition coefficient (Wildman–Crippen LogP) is 1.54. The van der Waals surface area contributed by atoms with Crippen molar-refractivity contribution in [1.82, 2.24) is 24.4 Å². The summed E-state index contributed by atoms with van der Waals surface area (Å²) in [6.45, 7) is 1.37. The van der Waals surface area contributed by atoms with E-state index in [2.05, 4.69) is 15.0 Å². The summed E-state index contributed by atoms with van der Waals surface area (Å²) in [4.78, 5) is 26.1. The number of nitrogens with zero attached hydrogens (tertiary/aromatic N) is 4. The Kier molecular flexibility index (Phi) is 2.57. The van der Waals surface area contributed by atoms with Gasteiger partial charge in [-0.2, -0.15) is 0 Å². The molecule has 0 aliphatic carbocycles. The van der Waals surface area contributed by atoms with Gasteiger partial charge in [-0.05, 0) is 12.1 Å². The number of aromatic amines is 1. The number of rotatable bonds is 2. The molecular formula is C15H15N5O. The zero-order valence-electron chi connectivity index (χ0n) is 11.7. The average molecular weight is 281 g/mol. The lowest BCUT2D eigenvalue weighted by Gasteiger charge is -2.37. The first-order chi connectivity index (χ1) is 10.2. The van der Waals surface area contributed by atoms with Crippen molar-refractivity contribution in [1.29, 1.82) is 0 Å². The van der Waals surface area contributed by atoms with Gasteiger partial charge in [0.2, 0.25) is 0 Å². The molecule has 3 aromatic rings. The van der Waals surface area contributed by atoms with Gasteiger partial charge in [-0.3, -0.25) is 4.79 Å². The number of para-hydroxylation sites is 2. The molecule has 4 rings (SSSR count). The fourth-order valence-corrected chi connectivity index (χ4v) is 2.70. The summed E-state index contributed by atoms with van der Waals surface area (Å²) < 4.78 is 1.75. The Balaban J connectivity index is 1.49. The van der Waals surface area contributed by atoms with Gasteiger partial charge in [-0.15, -0.1) is 0 Å². The number of hydrogen-bond acceptors (Lipinski definition) is 3. The van der Waals surface area contributed by atoms with Crippen LogP contribution in [0, 0.1) is 0 Å². The Bertz CT molecular complexity index is 779. The maximum Gasteiger partial charge on any atom is 0.289 e. The molecule has 0 unspecified atom stereocenters. The van der Waals surface area contributed by atoms with Gasteiger partial charge in [0.15, 0.2) is 5.82 Å². The third kappa shape index (κ3) is 1.91. The van der Waals surface area contributed by atoms with Crippen molar-refractivity contribution in [3.63, 3.8) is 0 Å². The van der Waals surface area contributed by atoms with E-state index in [1.807, 2.05) is 31.3 Å². The summed E-state index contributed by atoms with van der Waals surface area (Å²) in [5, 5.41) is 0. The molecule has 0 bridgehead atoms. The van der Waals surface area contributed by atoms with Crippen molar-refractivity contribution >= 4 is 16.9 Å². The number of benzene rings is 1. The molecule has 0 radical (unpaired) electrons. The first kappa shape index (κ1) is 12.1. The fraction of sp³-hybridized carbons (Fsp3) is 0.267. The standard InChI is InChI=1S/C15H15N5O/c1-19-7-6-16-14(19)15(21)20-8-10(9-20)13-17-11-4-2-3-5-12(11)18-13/h2-7,10H,8-9H2,1H3,(H,17,18). The van der Waals surface area contributed by atoms with Gasteiger partial charge in [-0.1, -0.05) is 12.1 Å². The number of aromatic nitrogens is 4. The lowest BCUT2D eigenvalue weighted by molar-refractivity contribution is 0.0579. The number of fused-ring (bicyclic) bond motifs is 1. The second kappa shape index (κ2) is 4.44. The van der Waals surface area contributed by atoms with Crippen LogP contribution in [-0.2, 0) is 7.05 Å². The van der Waals surface area contributed by atoms with Gasteiger partial charge >= 0.3 is 0 Å². The Labute approximate surface area is 121 Å². The third-order valence-corrected chi connectivity index (χ3v) is 3.98. The van der Waals surface area contributed by atoms with Gasteiger partial charge in [0.25, 0.3) is 5.91 Å². The number of H-pyrrole nitrogens is 1. The summed E-state index contributed by atoms with van der Waals surface area (Å²) in [5.74, 6) is 1.70. The third-order valence-electron chi connectivity index (χ3n) is 3.98. The lowest BCUT2D eigenvalue weighted by atomic mass is 9.99. The van der Waals surface area contributed by atoms with E-state index in [1.165, 1.54) is 0 Å². The molecule has 1 amide bonds. The molecule has 1 N–H and O–H groups in total. The second-order valence-electron chi connectivity index (χ2n) is 5.41. The zero-order chi connectivity index (χ0) is 14.4. The number of carbonyl (C=O) groups is 1. The topological polar surface area (TPSA) is 66.8 Å². The molecule has 2 aromatic heterocycles. The van der Waals surface area contributed by atoms with Crippen molar-refractivity contribution in [3.8, 4) is 0 Å². The number of nitrogens with one attached hydrogen (secondary N) is 1. The zero-order valence-corrected chi connectivity index (χ0v) is 11.7. The monoisotopic (exact) mass is 281 g/mol. The SMILES string of the molecule is Cn1ccnc1C(=O)N1CC(c2nc3ccccc3[nH]2)C1. The first-order valence-electron chi connectivity index (χ1n) is 6.93. The van der Waals surface area contributed by atoms with E-state index in [1.54, 1.807) is 21.9 Å². The minimum Gasteiger partial charge on any atom is -0.342 e. The van der Waals surface area contributed by atoms with E-state index < -0.39 is 0 Å². The first-order valence-corrected chi connectivity index (χ1v) is 6.93. The van der Waals surface area contributed by atoms with Crippen molar-refractivity contribution in [2.24, 2.45) is 7.05 Å². The molecule has 0 atom stereocenters. The van der Waals surface area contributed by atoms with Crippen LogP contribution in [0.25, 0.3) is 11.0 Å². The Morgan fingerprint density at radius 1 is 1.33 bits per heavy atom. The number of hydrogen-bond donors (Lipinski definition) is 1. The Morgan fingerprint density at radius 3 is 2.86 bits per heavy atom. The molecule has 0 spiro atoms. The van der Waals surface area contributed by atoms with Crippen molar-refractivity contribution in [2.45, 2.75) is 5.92 Å². The minimum absolute atomic E-state index is 0.0186. The molecule has 3 heterocycles. The number of amides is 1. The molecule has 1 aromatic carbocycles. The van der Waals surface area contributed by atoms with Crippen LogP contribution in [0.1, 0.15) is 22.4 Å². The number of carbonyl (C=O) groups excluding carboxylic acids is 1. The Hall–Kier alpha value is -2.63. The number of likely N-dealkylation sites (tertiary alicyclic amines) is 1. The summed E-state index contributed by atoms with van der Waals surface area (Å²) >= 11 is 0. The number of aryl methyl sites for hydroxylation is 1. The van der Waals surface area contributed by atoms with Crippen molar-refractivity contribution in [3.05, 3.63) is 48.3 Å². The van der Waals surface area contributed by atoms with Gasteiger partial charge in [0.1, 0.15) is 5.82 Å². The lowest BCUT2D eigenvalue weighted by Crippen LogP contribution is -2.49. The van der Waals surface area contributed by atoms with Crippen LogP contribution in [0.5, 0.6) is 0 Å². The molecule has 106 valence electrons. The van der Waals surface area contributed by atoms with E-state index in [0.717, 1.165) is 16.9 Å². The average Bonchev–Trinajstić information content (AvgIpc) is 3.02. The van der Waals surface area contributed by atoms with Crippen LogP contribution < -0.4 is 0 Å². The highest BCUT2D eigenvalue weighted by molar-refractivity contribution is 5.91. The van der Waals surface area contributed by atoms with Crippen molar-refractivity contribution in [2.75, 3.05) is 13.1 Å². The molecular weight excluding hydrogens is 266 g/mol. The highest BCUT2D eigenvalue weighted by atomic mass is 16.2. The summed E-state index contributed by atoms with van der Waals surface area (Å²) in [6.07, 6.45) is 3.42. The molecule has 0 saturated carbocycles. The summed E-state index contributed by atoms with van der Waals surface area (Å²) in [5.41, 5.74) is 2.02. The molecule has 1 fully saturated rings. The molecule has 6 heteroatoms. The van der Waals surface area contributed by atoms with Gasteiger partial charge < -0.3 is 14.5 Å². The smallest absolute Gasteiger partial charge is 0.289 e. The van der Waals surface area contributed by atoms with Crippen LogP contribution in [0.15, 0.2) is 36.7 Å². The van der Waals surface area contributed by atoms with E-state index in [-0.39, 0.29) is 11.8 Å². The maximum absolute atomic E-state index is 12.3. The summed E-state index contributed by atoms with van der Waals surface area (Å²) in [7, 11) is 1.83. The fourth-order valence-electron chi connectivity index (χ4n) is 2.70. The predicted molar refractivity (Wildman–Crippen MR) is 77.9 cm³/mol. The molecule has 21 heavy (non-hydrogen) atoms. The van der Waals surface area contributed by atoms with E-state index in [0.29, 0.717) is 18.9 Å². The highest BCUT2D eigenvalue weighted by Gasteiger charge is 2.35. The molecule has 1 saturated heterocycles. The van der Waals surface area contributed by atoms with Gasteiger partial charge in [0.05, 0.1) is 17.0 Å². The van der Waals surface area contributed by atoms with E-state index in [4.69, 9.17) is 0 Å². The van der Waals surface area contributed by atoms with Crippen molar-refractivity contribution < 1.29 is 4.79 Å². The Morgan fingerprint density at radius 2 is 2.14 bits per heavy atom. The quantitative estimate of drug-likeness (QED) is 0.774. The second-order valence-corrected chi connectivity index (χ2v) is 5.41. The van der Waals surface area contributed by atoms with Crippen LogP contribution in [0.3, 0.4) is 0 Å². The van der Waals surface area contributed by atoms with Crippen LogP contribution >= 0.6 is 0 Å². The highest BCUT2D eigenvalue weighted by Crippen LogP contribution is 2.27. The molecule has 1 aliphatic rings. The van der Waals surface area contributed by atoms with Crippen LogP contribution in [0.4, 0.5) is 0 Å². The van der Waals surface area contributed by atoms with Crippen LogP contribution in [0.2, 0.25) is 0 Å². The minimum atomic E-state index is -0.0186. The molecule has 1 aliphatic heterocycles. The van der Waals surface area contributed by atoms with Crippen LogP contribution in [-0.4, -0.2) is 43.4 Å². The van der Waals surface area contributed by atoms with Gasteiger partial charge in [0, 0.05) is 32.5 Å². The van der Waals surface area contributed by atoms with E-state index >= 15 is 0 Å². The van der Waals surface area contributed by atoms with E-state index in [9.17, 15) is 4.79 Å². The maximum atomic E-state index is 12.3. The van der Waals surface area contributed by atoms with Gasteiger partial charge in [-0.25, -0.2) is 9.97 Å². The molecule has 6 nitrogen and oxygen atoms in total. The normalized spacial score (nSPS) is 15.4.